The predicted octanol–water partition coefficient (Wildman–Crippen LogP) is 4.99. The van der Waals surface area contributed by atoms with Gasteiger partial charge in [0.15, 0.2) is 0 Å². The van der Waals surface area contributed by atoms with Gasteiger partial charge in [-0.25, -0.2) is 4.39 Å². The Morgan fingerprint density at radius 1 is 1.05 bits per heavy atom. The van der Waals surface area contributed by atoms with E-state index < -0.39 is 0 Å². The molecule has 1 nitrogen and oxygen atoms in total. The van der Waals surface area contributed by atoms with Crippen molar-refractivity contribution in [3.63, 3.8) is 0 Å². The van der Waals surface area contributed by atoms with Gasteiger partial charge in [0, 0.05) is 22.5 Å². The SMILES string of the molecule is Fc1cccc(C2CNCCC2c2ccc(Cl)cc2Cl)c1. The molecule has 0 amide bonds. The molecule has 21 heavy (non-hydrogen) atoms. The highest BCUT2D eigenvalue weighted by Crippen LogP contribution is 2.40. The van der Waals surface area contributed by atoms with Gasteiger partial charge in [0.25, 0.3) is 0 Å². The maximum Gasteiger partial charge on any atom is 0.123 e. The average molecular weight is 324 g/mol. The third kappa shape index (κ3) is 3.23. The number of nitrogens with one attached hydrogen (secondary N) is 1. The van der Waals surface area contributed by atoms with E-state index in [1.165, 1.54) is 6.07 Å². The van der Waals surface area contributed by atoms with Gasteiger partial charge in [0.2, 0.25) is 0 Å². The van der Waals surface area contributed by atoms with Crippen molar-refractivity contribution in [3.8, 4) is 0 Å². The number of hydrogen-bond donors (Lipinski definition) is 1. The van der Waals surface area contributed by atoms with Crippen molar-refractivity contribution < 1.29 is 4.39 Å². The number of hydrogen-bond acceptors (Lipinski definition) is 1. The van der Waals surface area contributed by atoms with E-state index in [0.29, 0.717) is 10.0 Å². The van der Waals surface area contributed by atoms with Crippen LogP contribution in [0.2, 0.25) is 10.0 Å². The molecule has 1 fully saturated rings. The molecule has 2 aromatic rings. The van der Waals surface area contributed by atoms with E-state index in [9.17, 15) is 4.39 Å². The average Bonchev–Trinajstić information content (AvgIpc) is 2.47. The zero-order valence-electron chi connectivity index (χ0n) is 11.5. The minimum atomic E-state index is -0.195. The van der Waals surface area contributed by atoms with E-state index >= 15 is 0 Å². The summed E-state index contributed by atoms with van der Waals surface area (Å²) in [6, 6.07) is 12.5. The second-order valence-electron chi connectivity index (χ2n) is 5.43. The second kappa shape index (κ2) is 6.35. The lowest BCUT2D eigenvalue weighted by Crippen LogP contribution is -2.34. The molecule has 0 aliphatic carbocycles. The summed E-state index contributed by atoms with van der Waals surface area (Å²) in [7, 11) is 0. The Morgan fingerprint density at radius 2 is 1.90 bits per heavy atom. The standard InChI is InChI=1S/C17H16Cl2FN/c18-12-4-5-15(17(19)9-12)14-6-7-21-10-16(14)11-2-1-3-13(20)8-11/h1-5,8-9,14,16,21H,6-7,10H2. The van der Waals surface area contributed by atoms with Crippen LogP contribution in [0.4, 0.5) is 4.39 Å². The second-order valence-corrected chi connectivity index (χ2v) is 6.27. The van der Waals surface area contributed by atoms with Gasteiger partial charge in [0.05, 0.1) is 0 Å². The molecule has 2 aromatic carbocycles. The first kappa shape index (κ1) is 14.8. The lowest BCUT2D eigenvalue weighted by molar-refractivity contribution is 0.403. The van der Waals surface area contributed by atoms with Gasteiger partial charge in [0.1, 0.15) is 5.82 Å². The van der Waals surface area contributed by atoms with E-state index in [0.717, 1.165) is 30.6 Å². The summed E-state index contributed by atoms with van der Waals surface area (Å²) in [4.78, 5) is 0. The predicted molar refractivity (Wildman–Crippen MR) is 85.8 cm³/mol. The van der Waals surface area contributed by atoms with Crippen LogP contribution >= 0.6 is 23.2 Å². The Bertz CT molecular complexity index is 644. The zero-order valence-corrected chi connectivity index (χ0v) is 13.0. The Kier molecular flexibility index (Phi) is 4.48. The smallest absolute Gasteiger partial charge is 0.123 e. The molecule has 1 N–H and O–H groups in total. The molecule has 1 heterocycles. The van der Waals surface area contributed by atoms with Crippen LogP contribution in [0.1, 0.15) is 29.4 Å². The highest BCUT2D eigenvalue weighted by molar-refractivity contribution is 6.35. The summed E-state index contributed by atoms with van der Waals surface area (Å²) in [6.07, 6.45) is 0.975. The van der Waals surface area contributed by atoms with Gasteiger partial charge in [-0.15, -0.1) is 0 Å². The number of piperidine rings is 1. The van der Waals surface area contributed by atoms with Crippen molar-refractivity contribution in [2.45, 2.75) is 18.3 Å². The molecule has 2 unspecified atom stereocenters. The van der Waals surface area contributed by atoms with Crippen LogP contribution in [-0.2, 0) is 0 Å². The largest absolute Gasteiger partial charge is 0.316 e. The van der Waals surface area contributed by atoms with Crippen molar-refractivity contribution in [1.29, 1.82) is 0 Å². The van der Waals surface area contributed by atoms with Crippen molar-refractivity contribution in [2.75, 3.05) is 13.1 Å². The van der Waals surface area contributed by atoms with E-state index in [2.05, 4.69) is 5.32 Å². The molecule has 1 saturated heterocycles. The fraction of sp³-hybridized carbons (Fsp3) is 0.294. The molecule has 0 bridgehead atoms. The monoisotopic (exact) mass is 323 g/mol. The minimum Gasteiger partial charge on any atom is -0.316 e. The Hall–Kier alpha value is -1.09. The number of benzene rings is 2. The first-order valence-electron chi connectivity index (χ1n) is 7.06. The minimum absolute atomic E-state index is 0.195. The fourth-order valence-corrected chi connectivity index (χ4v) is 3.67. The molecular formula is C17H16Cl2FN. The van der Waals surface area contributed by atoms with Crippen LogP contribution in [0.15, 0.2) is 42.5 Å². The Labute approximate surface area is 134 Å². The van der Waals surface area contributed by atoms with E-state index in [4.69, 9.17) is 23.2 Å². The Balaban J connectivity index is 1.98. The fourth-order valence-electron chi connectivity index (χ4n) is 3.12. The molecule has 1 aliphatic rings. The van der Waals surface area contributed by atoms with Crippen LogP contribution in [0.5, 0.6) is 0 Å². The van der Waals surface area contributed by atoms with Gasteiger partial charge < -0.3 is 5.32 Å². The van der Waals surface area contributed by atoms with Gasteiger partial charge in [-0.2, -0.15) is 0 Å². The molecule has 0 radical (unpaired) electrons. The highest BCUT2D eigenvalue weighted by Gasteiger charge is 2.29. The molecule has 0 spiro atoms. The van der Waals surface area contributed by atoms with E-state index in [1.54, 1.807) is 18.2 Å². The highest BCUT2D eigenvalue weighted by atomic mass is 35.5. The van der Waals surface area contributed by atoms with Gasteiger partial charge in [-0.1, -0.05) is 41.4 Å². The van der Waals surface area contributed by atoms with Gasteiger partial charge >= 0.3 is 0 Å². The maximum absolute atomic E-state index is 13.5. The van der Waals surface area contributed by atoms with E-state index in [1.807, 2.05) is 18.2 Å². The molecule has 0 aromatic heterocycles. The quantitative estimate of drug-likeness (QED) is 0.820. The number of halogens is 3. The first-order chi connectivity index (χ1) is 10.1. The van der Waals surface area contributed by atoms with Crippen LogP contribution in [0, 0.1) is 5.82 Å². The summed E-state index contributed by atoms with van der Waals surface area (Å²) in [5.41, 5.74) is 2.11. The maximum atomic E-state index is 13.5. The summed E-state index contributed by atoms with van der Waals surface area (Å²) in [5.74, 6) is 0.296. The number of rotatable bonds is 2. The molecule has 1 aliphatic heterocycles. The van der Waals surface area contributed by atoms with Gasteiger partial charge in [-0.3, -0.25) is 0 Å². The molecule has 3 rings (SSSR count). The first-order valence-corrected chi connectivity index (χ1v) is 7.82. The molecule has 4 heteroatoms. The van der Waals surface area contributed by atoms with Crippen molar-refractivity contribution in [2.24, 2.45) is 0 Å². The summed E-state index contributed by atoms with van der Waals surface area (Å²) >= 11 is 12.4. The van der Waals surface area contributed by atoms with Crippen LogP contribution in [0.3, 0.4) is 0 Å². The van der Waals surface area contributed by atoms with Crippen LogP contribution in [-0.4, -0.2) is 13.1 Å². The van der Waals surface area contributed by atoms with Crippen LogP contribution < -0.4 is 5.32 Å². The van der Waals surface area contributed by atoms with Gasteiger partial charge in [-0.05, 0) is 54.3 Å². The summed E-state index contributed by atoms with van der Waals surface area (Å²) < 4.78 is 13.5. The molecular weight excluding hydrogens is 308 g/mol. The molecule has 2 atom stereocenters. The molecule has 0 saturated carbocycles. The van der Waals surface area contributed by atoms with Crippen molar-refractivity contribution in [3.05, 3.63) is 69.5 Å². The van der Waals surface area contributed by atoms with Crippen molar-refractivity contribution in [1.82, 2.24) is 5.32 Å². The Morgan fingerprint density at radius 3 is 2.67 bits per heavy atom. The topological polar surface area (TPSA) is 12.0 Å². The van der Waals surface area contributed by atoms with Crippen molar-refractivity contribution >= 4 is 23.2 Å². The third-order valence-electron chi connectivity index (χ3n) is 4.12. The summed E-state index contributed by atoms with van der Waals surface area (Å²) in [5, 5.41) is 4.72. The normalized spacial score (nSPS) is 22.2. The third-order valence-corrected chi connectivity index (χ3v) is 4.68. The zero-order chi connectivity index (χ0) is 14.8. The lowest BCUT2D eigenvalue weighted by Gasteiger charge is -2.33. The summed E-state index contributed by atoms with van der Waals surface area (Å²) in [6.45, 7) is 1.77. The van der Waals surface area contributed by atoms with Crippen LogP contribution in [0.25, 0.3) is 0 Å². The lowest BCUT2D eigenvalue weighted by atomic mass is 9.77. The molecule has 110 valence electrons. The van der Waals surface area contributed by atoms with E-state index in [-0.39, 0.29) is 17.7 Å².